The van der Waals surface area contributed by atoms with Crippen LogP contribution < -0.4 is 10.1 Å². The fraction of sp³-hybridized carbons (Fsp3) is 0.684. The van der Waals surface area contributed by atoms with Crippen LogP contribution in [0.4, 0.5) is 5.69 Å². The first-order chi connectivity index (χ1) is 9.79. The standard InChI is InChI=1S/C19H29NO/c1-12-7-8-15(13(2)16(12)21-6)20-17-18(3,4)14-9-10-19(17,5)11-14/h7-8,14,17,20H,9-11H2,1-6H3. The lowest BCUT2D eigenvalue weighted by Gasteiger charge is -2.44. The fourth-order valence-corrected chi connectivity index (χ4v) is 5.12. The van der Waals surface area contributed by atoms with Gasteiger partial charge in [-0.05, 0) is 61.5 Å². The molecule has 0 aliphatic heterocycles. The number of hydrogen-bond acceptors (Lipinski definition) is 2. The number of anilines is 1. The van der Waals surface area contributed by atoms with Crippen molar-refractivity contribution in [2.75, 3.05) is 12.4 Å². The molecule has 1 aromatic carbocycles. The molecule has 1 aromatic rings. The Morgan fingerprint density at radius 3 is 2.48 bits per heavy atom. The van der Waals surface area contributed by atoms with E-state index in [1.54, 1.807) is 7.11 Å². The minimum Gasteiger partial charge on any atom is -0.496 e. The van der Waals surface area contributed by atoms with E-state index in [-0.39, 0.29) is 0 Å². The van der Waals surface area contributed by atoms with E-state index in [4.69, 9.17) is 4.74 Å². The molecule has 2 nitrogen and oxygen atoms in total. The van der Waals surface area contributed by atoms with Gasteiger partial charge in [0, 0.05) is 17.3 Å². The van der Waals surface area contributed by atoms with Gasteiger partial charge in [-0.2, -0.15) is 0 Å². The maximum atomic E-state index is 5.58. The van der Waals surface area contributed by atoms with Crippen molar-refractivity contribution in [1.82, 2.24) is 0 Å². The molecule has 2 aliphatic rings. The van der Waals surface area contributed by atoms with Gasteiger partial charge in [0.05, 0.1) is 7.11 Å². The van der Waals surface area contributed by atoms with E-state index in [9.17, 15) is 0 Å². The summed E-state index contributed by atoms with van der Waals surface area (Å²) < 4.78 is 5.58. The van der Waals surface area contributed by atoms with Crippen LogP contribution in [0.25, 0.3) is 0 Å². The predicted molar refractivity (Wildman–Crippen MR) is 89.1 cm³/mol. The number of benzene rings is 1. The van der Waals surface area contributed by atoms with Crippen LogP contribution >= 0.6 is 0 Å². The predicted octanol–water partition coefficient (Wildman–Crippen LogP) is 4.94. The van der Waals surface area contributed by atoms with E-state index in [0.29, 0.717) is 16.9 Å². The van der Waals surface area contributed by atoms with Crippen molar-refractivity contribution in [3.05, 3.63) is 23.3 Å². The Labute approximate surface area is 129 Å². The van der Waals surface area contributed by atoms with Crippen LogP contribution in [-0.2, 0) is 0 Å². The first kappa shape index (κ1) is 14.7. The Hall–Kier alpha value is -1.18. The van der Waals surface area contributed by atoms with E-state index >= 15 is 0 Å². The lowest BCUT2D eigenvalue weighted by Crippen LogP contribution is -2.45. The van der Waals surface area contributed by atoms with Gasteiger partial charge in [-0.25, -0.2) is 0 Å². The molecule has 2 heteroatoms. The Kier molecular flexibility index (Phi) is 3.27. The molecule has 2 aliphatic carbocycles. The van der Waals surface area contributed by atoms with Gasteiger partial charge in [-0.3, -0.25) is 0 Å². The summed E-state index contributed by atoms with van der Waals surface area (Å²) >= 11 is 0. The summed E-state index contributed by atoms with van der Waals surface area (Å²) in [6.07, 6.45) is 4.14. The fourth-order valence-electron chi connectivity index (χ4n) is 5.12. The summed E-state index contributed by atoms with van der Waals surface area (Å²) in [5.74, 6) is 1.89. The highest BCUT2D eigenvalue weighted by Gasteiger charge is 2.59. The topological polar surface area (TPSA) is 21.3 Å². The van der Waals surface area contributed by atoms with E-state index in [1.165, 1.54) is 36.1 Å². The third kappa shape index (κ3) is 2.06. The summed E-state index contributed by atoms with van der Waals surface area (Å²) in [6.45, 7) is 11.6. The summed E-state index contributed by atoms with van der Waals surface area (Å²) in [5, 5.41) is 3.89. The number of fused-ring (bicyclic) bond motifs is 2. The first-order valence-corrected chi connectivity index (χ1v) is 8.20. The number of hydrogen-bond donors (Lipinski definition) is 1. The molecule has 2 bridgehead atoms. The van der Waals surface area contributed by atoms with Gasteiger partial charge in [0.25, 0.3) is 0 Å². The van der Waals surface area contributed by atoms with Gasteiger partial charge in [0.15, 0.2) is 0 Å². The van der Waals surface area contributed by atoms with Crippen LogP contribution in [-0.4, -0.2) is 13.2 Å². The van der Waals surface area contributed by atoms with Crippen molar-refractivity contribution in [3.63, 3.8) is 0 Å². The molecule has 116 valence electrons. The minimum atomic E-state index is 0.373. The number of ether oxygens (including phenoxy) is 1. The summed E-state index contributed by atoms with van der Waals surface area (Å²) in [7, 11) is 1.77. The largest absolute Gasteiger partial charge is 0.496 e. The third-order valence-corrected chi connectivity index (χ3v) is 6.38. The zero-order valence-corrected chi connectivity index (χ0v) is 14.3. The Morgan fingerprint density at radius 2 is 1.90 bits per heavy atom. The minimum absolute atomic E-state index is 0.373. The van der Waals surface area contributed by atoms with Crippen molar-refractivity contribution < 1.29 is 4.74 Å². The second kappa shape index (κ2) is 4.66. The molecule has 0 heterocycles. The molecule has 21 heavy (non-hydrogen) atoms. The molecule has 2 saturated carbocycles. The SMILES string of the molecule is COc1c(C)ccc(NC2C3(C)CCC(C3)C2(C)C)c1C. The zero-order chi connectivity index (χ0) is 15.4. The maximum Gasteiger partial charge on any atom is 0.126 e. The van der Waals surface area contributed by atoms with Crippen molar-refractivity contribution in [3.8, 4) is 5.75 Å². The second-order valence-corrected chi connectivity index (χ2v) is 8.08. The number of methoxy groups -OCH3 is 1. The van der Waals surface area contributed by atoms with Crippen LogP contribution in [0.1, 0.15) is 51.2 Å². The first-order valence-electron chi connectivity index (χ1n) is 8.20. The van der Waals surface area contributed by atoms with Crippen LogP contribution in [0.15, 0.2) is 12.1 Å². The van der Waals surface area contributed by atoms with Crippen molar-refractivity contribution >= 4 is 5.69 Å². The van der Waals surface area contributed by atoms with Crippen molar-refractivity contribution in [2.45, 2.75) is 59.9 Å². The van der Waals surface area contributed by atoms with Gasteiger partial charge in [0.2, 0.25) is 0 Å². The van der Waals surface area contributed by atoms with Crippen LogP contribution in [0.2, 0.25) is 0 Å². The van der Waals surface area contributed by atoms with Crippen LogP contribution in [0.5, 0.6) is 5.75 Å². The molecule has 0 saturated heterocycles. The van der Waals surface area contributed by atoms with Gasteiger partial charge < -0.3 is 10.1 Å². The van der Waals surface area contributed by atoms with Gasteiger partial charge in [-0.1, -0.05) is 26.8 Å². The lowest BCUT2D eigenvalue weighted by atomic mass is 9.68. The normalized spacial score (nSPS) is 33.2. The summed E-state index contributed by atoms with van der Waals surface area (Å²) in [4.78, 5) is 0. The summed E-state index contributed by atoms with van der Waals surface area (Å²) in [6, 6.07) is 4.94. The average molecular weight is 287 g/mol. The third-order valence-electron chi connectivity index (χ3n) is 6.38. The van der Waals surface area contributed by atoms with E-state index < -0.39 is 0 Å². The second-order valence-electron chi connectivity index (χ2n) is 8.08. The van der Waals surface area contributed by atoms with Gasteiger partial charge >= 0.3 is 0 Å². The molecule has 0 aromatic heterocycles. The molecule has 0 radical (unpaired) electrons. The van der Waals surface area contributed by atoms with E-state index in [2.05, 4.69) is 52.1 Å². The van der Waals surface area contributed by atoms with Crippen LogP contribution in [0.3, 0.4) is 0 Å². The molecular formula is C19H29NO. The number of aryl methyl sites for hydroxylation is 1. The van der Waals surface area contributed by atoms with Gasteiger partial charge in [0.1, 0.15) is 5.75 Å². The molecule has 0 amide bonds. The highest BCUT2D eigenvalue weighted by Crippen LogP contribution is 2.63. The lowest BCUT2D eigenvalue weighted by molar-refractivity contribution is 0.155. The van der Waals surface area contributed by atoms with Crippen molar-refractivity contribution in [2.24, 2.45) is 16.7 Å². The molecule has 3 atom stereocenters. The number of rotatable bonds is 3. The molecule has 1 N–H and O–H groups in total. The Morgan fingerprint density at radius 1 is 1.19 bits per heavy atom. The highest BCUT2D eigenvalue weighted by atomic mass is 16.5. The van der Waals surface area contributed by atoms with Gasteiger partial charge in [-0.15, -0.1) is 0 Å². The molecule has 3 rings (SSSR count). The Bertz CT molecular complexity index is 558. The summed E-state index contributed by atoms with van der Waals surface area (Å²) in [5.41, 5.74) is 4.50. The van der Waals surface area contributed by atoms with Crippen molar-refractivity contribution in [1.29, 1.82) is 0 Å². The quantitative estimate of drug-likeness (QED) is 0.850. The number of nitrogens with one attached hydrogen (secondary N) is 1. The molecule has 2 fully saturated rings. The van der Waals surface area contributed by atoms with E-state index in [0.717, 1.165) is 11.7 Å². The molecular weight excluding hydrogens is 258 g/mol. The monoisotopic (exact) mass is 287 g/mol. The van der Waals surface area contributed by atoms with E-state index in [1.807, 2.05) is 0 Å². The maximum absolute atomic E-state index is 5.58. The zero-order valence-electron chi connectivity index (χ0n) is 14.3. The Balaban J connectivity index is 1.94. The molecule has 3 unspecified atom stereocenters. The highest BCUT2D eigenvalue weighted by molar-refractivity contribution is 5.60. The molecule has 0 spiro atoms. The average Bonchev–Trinajstić information content (AvgIpc) is 2.88. The smallest absolute Gasteiger partial charge is 0.126 e. The van der Waals surface area contributed by atoms with Crippen LogP contribution in [0, 0.1) is 30.6 Å².